The van der Waals surface area contributed by atoms with E-state index in [0.29, 0.717) is 12.1 Å². The number of hydrogen-bond acceptors (Lipinski definition) is 2. The molecule has 0 aliphatic heterocycles. The second-order valence-corrected chi connectivity index (χ2v) is 3.43. The van der Waals surface area contributed by atoms with Crippen molar-refractivity contribution in [1.29, 1.82) is 0 Å². The van der Waals surface area contributed by atoms with E-state index < -0.39 is 0 Å². The molecule has 0 aromatic heterocycles. The summed E-state index contributed by atoms with van der Waals surface area (Å²) in [5.74, 6) is 0.0961. The summed E-state index contributed by atoms with van der Waals surface area (Å²) in [5.41, 5.74) is 1.73. The zero-order valence-corrected chi connectivity index (χ0v) is 10.7. The van der Waals surface area contributed by atoms with E-state index in [0.717, 1.165) is 12.0 Å². The van der Waals surface area contributed by atoms with Gasteiger partial charge < -0.3 is 5.32 Å². The van der Waals surface area contributed by atoms with Gasteiger partial charge >= 0.3 is 0 Å². The smallest absolute Gasteiger partial charge is 0.178 e. The Morgan fingerprint density at radius 2 is 1.88 bits per heavy atom. The Kier molecular flexibility index (Phi) is 8.39. The summed E-state index contributed by atoms with van der Waals surface area (Å²) in [6, 6.07) is 0. The molecule has 0 aromatic carbocycles. The minimum atomic E-state index is 0.0961. The van der Waals surface area contributed by atoms with Crippen molar-refractivity contribution >= 4 is 5.78 Å². The fourth-order valence-corrected chi connectivity index (χ4v) is 1.34. The fourth-order valence-electron chi connectivity index (χ4n) is 1.34. The molecule has 2 heteroatoms. The fraction of sp³-hybridized carbons (Fsp3) is 0.267. The Morgan fingerprint density at radius 1 is 1.18 bits per heavy atom. The number of hydrogen-bond donors (Lipinski definition) is 1. The van der Waals surface area contributed by atoms with E-state index >= 15 is 0 Å². The number of nitrogens with one attached hydrogen (secondary N) is 1. The van der Waals surface area contributed by atoms with E-state index in [1.165, 1.54) is 6.20 Å². The number of ketones is 1. The maximum atomic E-state index is 11.8. The van der Waals surface area contributed by atoms with Crippen molar-refractivity contribution in [3.8, 4) is 0 Å². The molecule has 0 saturated carbocycles. The van der Waals surface area contributed by atoms with Gasteiger partial charge in [-0.1, -0.05) is 49.1 Å². The van der Waals surface area contributed by atoms with Crippen LogP contribution in [-0.4, -0.2) is 5.78 Å². The average molecular weight is 231 g/mol. The molecule has 0 bridgehead atoms. The first kappa shape index (κ1) is 15.2. The highest BCUT2D eigenvalue weighted by molar-refractivity contribution is 5.94. The quantitative estimate of drug-likeness (QED) is 0.510. The minimum absolute atomic E-state index is 0.0961. The topological polar surface area (TPSA) is 29.1 Å². The molecule has 0 aliphatic rings. The number of Topliss-reactive ketones (excluding diaryl/α,β-unsaturated/α-hetero) is 1. The normalized spacial score (nSPS) is 12.6. The molecule has 0 heterocycles. The molecule has 0 saturated heterocycles. The van der Waals surface area contributed by atoms with Crippen molar-refractivity contribution in [1.82, 2.24) is 5.32 Å². The van der Waals surface area contributed by atoms with E-state index in [2.05, 4.69) is 18.5 Å². The largest absolute Gasteiger partial charge is 0.360 e. The van der Waals surface area contributed by atoms with E-state index in [4.69, 9.17) is 0 Å². The summed E-state index contributed by atoms with van der Waals surface area (Å²) < 4.78 is 0. The maximum absolute atomic E-state index is 11.8. The highest BCUT2D eigenvalue weighted by Crippen LogP contribution is 2.10. The Morgan fingerprint density at radius 3 is 2.35 bits per heavy atom. The third-order valence-corrected chi connectivity index (χ3v) is 2.30. The van der Waals surface area contributed by atoms with Gasteiger partial charge in [-0.25, -0.2) is 0 Å². The highest BCUT2D eigenvalue weighted by Gasteiger charge is 2.07. The average Bonchev–Trinajstić information content (AvgIpc) is 2.35. The second kappa shape index (κ2) is 9.40. The number of carbonyl (C=O) groups excluding carboxylic acids is 1. The zero-order chi connectivity index (χ0) is 13.1. The van der Waals surface area contributed by atoms with Crippen LogP contribution in [-0.2, 0) is 4.79 Å². The van der Waals surface area contributed by atoms with Gasteiger partial charge in [-0.05, 0) is 26.5 Å². The highest BCUT2D eigenvalue weighted by atomic mass is 16.1. The molecule has 0 aromatic rings. The lowest BCUT2D eigenvalue weighted by atomic mass is 10.1. The van der Waals surface area contributed by atoms with Crippen LogP contribution in [0.5, 0.6) is 0 Å². The molecule has 0 unspecified atom stereocenters. The van der Waals surface area contributed by atoms with Crippen molar-refractivity contribution in [3.63, 3.8) is 0 Å². The van der Waals surface area contributed by atoms with E-state index in [9.17, 15) is 4.79 Å². The SMILES string of the molecule is C=C/C=C\C(=C/C)CCC(=O)/C(=C/C)NC=C. The molecule has 0 amide bonds. The molecule has 0 fully saturated rings. The first-order valence-electron chi connectivity index (χ1n) is 5.70. The van der Waals surface area contributed by atoms with Gasteiger partial charge in [0.2, 0.25) is 0 Å². The lowest BCUT2D eigenvalue weighted by Crippen LogP contribution is -2.14. The Balaban J connectivity index is 4.36. The third kappa shape index (κ3) is 6.36. The van der Waals surface area contributed by atoms with Crippen molar-refractivity contribution in [3.05, 3.63) is 61.0 Å². The summed E-state index contributed by atoms with van der Waals surface area (Å²) in [7, 11) is 0. The van der Waals surface area contributed by atoms with Crippen LogP contribution >= 0.6 is 0 Å². The van der Waals surface area contributed by atoms with Crippen LogP contribution in [0.3, 0.4) is 0 Å². The van der Waals surface area contributed by atoms with Crippen LogP contribution in [0.15, 0.2) is 61.0 Å². The van der Waals surface area contributed by atoms with Crippen LogP contribution in [0.4, 0.5) is 0 Å². The Bertz CT molecular complexity index is 359. The monoisotopic (exact) mass is 231 g/mol. The van der Waals surface area contributed by atoms with Crippen molar-refractivity contribution < 1.29 is 4.79 Å². The molecule has 92 valence electrons. The number of allylic oxidation sites excluding steroid dienone is 7. The van der Waals surface area contributed by atoms with Crippen molar-refractivity contribution in [2.24, 2.45) is 0 Å². The van der Waals surface area contributed by atoms with Crippen LogP contribution in [0.25, 0.3) is 0 Å². The van der Waals surface area contributed by atoms with Gasteiger partial charge in [-0.3, -0.25) is 4.79 Å². The summed E-state index contributed by atoms with van der Waals surface area (Å²) >= 11 is 0. The Labute approximate surface area is 104 Å². The van der Waals surface area contributed by atoms with Gasteiger partial charge in [0.15, 0.2) is 5.78 Å². The maximum Gasteiger partial charge on any atom is 0.178 e. The summed E-state index contributed by atoms with van der Waals surface area (Å²) in [6.45, 7) is 11.0. The van der Waals surface area contributed by atoms with Gasteiger partial charge in [0.05, 0.1) is 5.70 Å². The molecule has 2 nitrogen and oxygen atoms in total. The van der Waals surface area contributed by atoms with Gasteiger partial charge in [0.25, 0.3) is 0 Å². The summed E-state index contributed by atoms with van der Waals surface area (Å²) in [6.07, 6.45) is 12.1. The number of carbonyl (C=O) groups is 1. The molecular weight excluding hydrogens is 210 g/mol. The van der Waals surface area contributed by atoms with Crippen LogP contribution in [0, 0.1) is 0 Å². The molecule has 0 atom stereocenters. The number of rotatable bonds is 8. The Hall–Kier alpha value is -1.83. The molecule has 17 heavy (non-hydrogen) atoms. The third-order valence-electron chi connectivity index (χ3n) is 2.30. The predicted molar refractivity (Wildman–Crippen MR) is 74.4 cm³/mol. The van der Waals surface area contributed by atoms with E-state index in [1.54, 1.807) is 12.2 Å². The zero-order valence-electron chi connectivity index (χ0n) is 10.7. The first-order chi connectivity index (χ1) is 8.19. The molecular formula is C15H21NO. The van der Waals surface area contributed by atoms with Crippen LogP contribution < -0.4 is 5.32 Å². The molecule has 0 radical (unpaired) electrons. The first-order valence-corrected chi connectivity index (χ1v) is 5.70. The molecule has 0 spiro atoms. The molecule has 0 rings (SSSR count). The van der Waals surface area contributed by atoms with E-state index in [-0.39, 0.29) is 5.78 Å². The van der Waals surface area contributed by atoms with Gasteiger partial charge in [-0.2, -0.15) is 0 Å². The van der Waals surface area contributed by atoms with E-state index in [1.807, 2.05) is 32.1 Å². The van der Waals surface area contributed by atoms with Gasteiger partial charge in [0, 0.05) is 6.42 Å². The molecule has 1 N–H and O–H groups in total. The van der Waals surface area contributed by atoms with Gasteiger partial charge in [-0.15, -0.1) is 0 Å². The predicted octanol–water partition coefficient (Wildman–Crippen LogP) is 3.66. The van der Waals surface area contributed by atoms with Crippen molar-refractivity contribution in [2.45, 2.75) is 26.7 Å². The van der Waals surface area contributed by atoms with Gasteiger partial charge in [0.1, 0.15) is 0 Å². The summed E-state index contributed by atoms with van der Waals surface area (Å²) in [4.78, 5) is 11.8. The second-order valence-electron chi connectivity index (χ2n) is 3.43. The van der Waals surface area contributed by atoms with Crippen molar-refractivity contribution in [2.75, 3.05) is 0 Å². The lowest BCUT2D eigenvalue weighted by molar-refractivity contribution is -0.115. The molecule has 0 aliphatic carbocycles. The van der Waals surface area contributed by atoms with Crippen LogP contribution in [0.1, 0.15) is 26.7 Å². The van der Waals surface area contributed by atoms with Crippen LogP contribution in [0.2, 0.25) is 0 Å². The summed E-state index contributed by atoms with van der Waals surface area (Å²) in [5, 5.41) is 2.84. The lowest BCUT2D eigenvalue weighted by Gasteiger charge is -2.05. The minimum Gasteiger partial charge on any atom is -0.360 e. The standard InChI is InChI=1S/C15H21NO/c1-5-9-10-13(6-2)11-12-15(17)14(7-3)16-8-4/h5-10,16H,1,4,11-12H2,2-3H3/b10-9-,13-6+,14-7-.